The molecule has 0 amide bonds. The quantitative estimate of drug-likeness (QED) is 0.356. The van der Waals surface area contributed by atoms with Crippen LogP contribution in [0.15, 0.2) is 54.3 Å². The van der Waals surface area contributed by atoms with Gasteiger partial charge in [-0.15, -0.1) is 0 Å². The summed E-state index contributed by atoms with van der Waals surface area (Å²) in [5.41, 5.74) is 1.81. The number of benzene rings is 1. The summed E-state index contributed by atoms with van der Waals surface area (Å²) in [6, 6.07) is 9.70. The first-order chi connectivity index (χ1) is 15.0. The van der Waals surface area contributed by atoms with Gasteiger partial charge in [0.05, 0.1) is 38.1 Å². The fourth-order valence-corrected chi connectivity index (χ4v) is 4.22. The van der Waals surface area contributed by atoms with Gasteiger partial charge < -0.3 is 44.5 Å². The van der Waals surface area contributed by atoms with Crippen molar-refractivity contribution in [2.75, 3.05) is 13.2 Å². The number of ether oxygens (including phenoxy) is 4. The van der Waals surface area contributed by atoms with Gasteiger partial charge in [-0.2, -0.15) is 0 Å². The maximum atomic E-state index is 10.5. The number of hydrogen-bond acceptors (Lipinski definition) is 9. The minimum absolute atomic E-state index is 0.249. The molecule has 9 nitrogen and oxygen atoms in total. The molecule has 0 radical (unpaired) electrons. The van der Waals surface area contributed by atoms with Crippen LogP contribution >= 0.6 is 0 Å². The Bertz CT molecular complexity index is 780. The molecule has 9 unspecified atom stereocenters. The zero-order valence-corrected chi connectivity index (χ0v) is 16.8. The second-order valence-corrected chi connectivity index (χ2v) is 7.98. The van der Waals surface area contributed by atoms with Gasteiger partial charge in [0.25, 0.3) is 0 Å². The lowest BCUT2D eigenvalue weighted by Gasteiger charge is -2.42. The molecule has 0 bridgehead atoms. The lowest BCUT2D eigenvalue weighted by molar-refractivity contribution is -0.339. The Hall–Kier alpha value is -1.82. The van der Waals surface area contributed by atoms with Gasteiger partial charge in [-0.25, -0.2) is 0 Å². The number of rotatable bonds is 7. The molecule has 9 atom stereocenters. The topological polar surface area (TPSA) is 138 Å². The van der Waals surface area contributed by atoms with E-state index < -0.39 is 55.6 Å². The van der Waals surface area contributed by atoms with E-state index >= 15 is 0 Å². The zero-order chi connectivity index (χ0) is 22.0. The number of aliphatic hydroxyl groups is 5. The van der Waals surface area contributed by atoms with Crippen LogP contribution in [0.3, 0.4) is 0 Å². The van der Waals surface area contributed by atoms with Crippen molar-refractivity contribution in [3.05, 3.63) is 59.9 Å². The van der Waals surface area contributed by atoms with E-state index in [9.17, 15) is 25.5 Å². The molecular formula is C22H28O9. The van der Waals surface area contributed by atoms with Gasteiger partial charge in [-0.1, -0.05) is 36.4 Å². The van der Waals surface area contributed by atoms with Crippen LogP contribution in [0, 0.1) is 11.8 Å². The van der Waals surface area contributed by atoms with E-state index in [-0.39, 0.29) is 12.5 Å². The highest BCUT2D eigenvalue weighted by atomic mass is 16.8. The molecule has 9 heteroatoms. The zero-order valence-electron chi connectivity index (χ0n) is 16.8. The van der Waals surface area contributed by atoms with E-state index in [1.165, 1.54) is 6.26 Å². The van der Waals surface area contributed by atoms with Crippen LogP contribution < -0.4 is 0 Å². The predicted molar refractivity (Wildman–Crippen MR) is 106 cm³/mol. The molecule has 0 aromatic heterocycles. The summed E-state index contributed by atoms with van der Waals surface area (Å²) in [5.74, 6) is -0.706. The summed E-state index contributed by atoms with van der Waals surface area (Å²) in [5, 5.41) is 50.1. The van der Waals surface area contributed by atoms with Gasteiger partial charge in [0.15, 0.2) is 6.29 Å². The monoisotopic (exact) mass is 436 g/mol. The Morgan fingerprint density at radius 2 is 1.68 bits per heavy atom. The SMILES string of the molecule is OCC1OC(OC2OC=CC3C(O)C=C(COCc4ccccc4)C23)C(O)C(O)C1O. The van der Waals surface area contributed by atoms with Crippen molar-refractivity contribution < 1.29 is 44.5 Å². The van der Waals surface area contributed by atoms with Crippen molar-refractivity contribution in [1.29, 1.82) is 0 Å². The van der Waals surface area contributed by atoms with Crippen molar-refractivity contribution in [3.63, 3.8) is 0 Å². The molecule has 170 valence electrons. The fourth-order valence-electron chi connectivity index (χ4n) is 4.22. The average molecular weight is 436 g/mol. The minimum atomic E-state index is -1.55. The van der Waals surface area contributed by atoms with Crippen LogP contribution in [0.1, 0.15) is 5.56 Å². The fraction of sp³-hybridized carbons (Fsp3) is 0.545. The van der Waals surface area contributed by atoms with E-state index in [0.717, 1.165) is 11.1 Å². The average Bonchev–Trinajstić information content (AvgIpc) is 3.11. The van der Waals surface area contributed by atoms with Gasteiger partial charge >= 0.3 is 0 Å². The van der Waals surface area contributed by atoms with E-state index in [2.05, 4.69) is 0 Å². The van der Waals surface area contributed by atoms with Gasteiger partial charge in [-0.05, 0) is 17.2 Å². The van der Waals surface area contributed by atoms with Crippen molar-refractivity contribution in [2.45, 2.75) is 49.7 Å². The van der Waals surface area contributed by atoms with Gasteiger partial charge in [0, 0.05) is 5.92 Å². The molecule has 5 N–H and O–H groups in total. The molecule has 2 heterocycles. The summed E-state index contributed by atoms with van der Waals surface area (Å²) in [4.78, 5) is 0. The number of fused-ring (bicyclic) bond motifs is 1. The Kier molecular flexibility index (Phi) is 7.05. The Labute approximate surface area is 179 Å². The molecule has 3 aliphatic rings. The largest absolute Gasteiger partial charge is 0.472 e. The van der Waals surface area contributed by atoms with E-state index in [1.54, 1.807) is 12.2 Å². The van der Waals surface area contributed by atoms with Crippen LogP contribution in [0.4, 0.5) is 0 Å². The third kappa shape index (κ3) is 4.69. The van der Waals surface area contributed by atoms with Crippen molar-refractivity contribution in [2.24, 2.45) is 11.8 Å². The summed E-state index contributed by atoms with van der Waals surface area (Å²) >= 11 is 0. The highest BCUT2D eigenvalue weighted by molar-refractivity contribution is 5.26. The lowest BCUT2D eigenvalue weighted by atomic mass is 9.88. The first-order valence-corrected chi connectivity index (χ1v) is 10.3. The van der Waals surface area contributed by atoms with E-state index in [4.69, 9.17) is 18.9 Å². The maximum absolute atomic E-state index is 10.5. The summed E-state index contributed by atoms with van der Waals surface area (Å²) in [6.07, 6.45) is -3.81. The van der Waals surface area contributed by atoms with E-state index in [1.807, 2.05) is 30.3 Å². The highest BCUT2D eigenvalue weighted by Gasteiger charge is 2.49. The standard InChI is InChI=1S/C22H28O9/c23-9-16-18(25)19(26)20(27)22(30-16)31-21-17-13(8-15(24)14(17)6-7-29-21)11-28-10-12-4-2-1-3-5-12/h1-8,14-27H,9-11H2. The summed E-state index contributed by atoms with van der Waals surface area (Å²) in [6.45, 7) is 0.0962. The van der Waals surface area contributed by atoms with E-state index in [0.29, 0.717) is 6.61 Å². The normalized spacial score (nSPS) is 39.6. The third-order valence-corrected chi connectivity index (χ3v) is 5.93. The molecule has 2 aliphatic heterocycles. The molecule has 0 saturated carbocycles. The molecule has 0 spiro atoms. The summed E-state index contributed by atoms with van der Waals surface area (Å²) < 4.78 is 22.7. The molecule has 4 rings (SSSR count). The van der Waals surface area contributed by atoms with Gasteiger partial charge in [-0.3, -0.25) is 0 Å². The van der Waals surface area contributed by atoms with Gasteiger partial charge in [0.2, 0.25) is 6.29 Å². The van der Waals surface area contributed by atoms with Crippen molar-refractivity contribution >= 4 is 0 Å². The Balaban J connectivity index is 1.43. The first-order valence-electron chi connectivity index (χ1n) is 10.3. The molecule has 31 heavy (non-hydrogen) atoms. The Morgan fingerprint density at radius 3 is 2.42 bits per heavy atom. The van der Waals surface area contributed by atoms with Crippen LogP contribution in [0.2, 0.25) is 0 Å². The Morgan fingerprint density at radius 1 is 0.903 bits per heavy atom. The second kappa shape index (κ2) is 9.76. The molecular weight excluding hydrogens is 408 g/mol. The molecule has 1 aromatic carbocycles. The van der Waals surface area contributed by atoms with Gasteiger partial charge in [0.1, 0.15) is 24.4 Å². The second-order valence-electron chi connectivity index (χ2n) is 7.98. The smallest absolute Gasteiger partial charge is 0.209 e. The maximum Gasteiger partial charge on any atom is 0.209 e. The molecule has 1 aliphatic carbocycles. The summed E-state index contributed by atoms with van der Waals surface area (Å²) in [7, 11) is 0. The third-order valence-electron chi connectivity index (χ3n) is 5.93. The predicted octanol–water partition coefficient (Wildman–Crippen LogP) is -0.577. The van der Waals surface area contributed by atoms with Crippen LogP contribution in [-0.4, -0.2) is 81.8 Å². The number of aliphatic hydroxyl groups excluding tert-OH is 5. The highest BCUT2D eigenvalue weighted by Crippen LogP contribution is 2.41. The lowest BCUT2D eigenvalue weighted by Crippen LogP contribution is -2.60. The first kappa shape index (κ1) is 22.4. The molecule has 1 aromatic rings. The molecule has 1 saturated heterocycles. The molecule has 1 fully saturated rings. The van der Waals surface area contributed by atoms with Crippen molar-refractivity contribution in [1.82, 2.24) is 0 Å². The minimum Gasteiger partial charge on any atom is -0.472 e. The van der Waals surface area contributed by atoms with Crippen LogP contribution in [-0.2, 0) is 25.6 Å². The van der Waals surface area contributed by atoms with Crippen LogP contribution in [0.25, 0.3) is 0 Å². The van der Waals surface area contributed by atoms with Crippen LogP contribution in [0.5, 0.6) is 0 Å². The van der Waals surface area contributed by atoms with Crippen molar-refractivity contribution in [3.8, 4) is 0 Å². The number of hydrogen-bond donors (Lipinski definition) is 5.